The van der Waals surface area contributed by atoms with Crippen molar-refractivity contribution in [3.8, 4) is 0 Å². The zero-order valence-electron chi connectivity index (χ0n) is 27.7. The van der Waals surface area contributed by atoms with Gasteiger partial charge in [-0.2, -0.15) is 0 Å². The SMILES string of the molecule is [2H]C(C(=O)[C@](O)([C@H](O)[C@H](O)CO)[C@@H](O)CO)C(CCCCCCCCCCC)CCCCCCCCCCCCCC. The van der Waals surface area contributed by atoms with Gasteiger partial charge in [0, 0.05) is 7.77 Å². The first-order valence-electron chi connectivity index (χ1n) is 17.7. The molecule has 7 nitrogen and oxygen atoms in total. The fourth-order valence-corrected chi connectivity index (χ4v) is 5.66. The summed E-state index contributed by atoms with van der Waals surface area (Å²) in [6.45, 7) is 2.46. The molecule has 0 aromatic rings. The Morgan fingerprint density at radius 1 is 0.610 bits per heavy atom. The van der Waals surface area contributed by atoms with Gasteiger partial charge in [-0.25, -0.2) is 0 Å². The number of hydrogen-bond acceptors (Lipinski definition) is 7. The second-order valence-electron chi connectivity index (χ2n) is 12.3. The third-order valence-electron chi connectivity index (χ3n) is 8.57. The number of aliphatic hydroxyl groups is 6. The molecule has 0 fully saturated rings. The van der Waals surface area contributed by atoms with Crippen LogP contribution in [0.3, 0.4) is 0 Å². The van der Waals surface area contributed by atoms with Crippen molar-refractivity contribution in [2.45, 2.75) is 192 Å². The van der Waals surface area contributed by atoms with E-state index in [1.54, 1.807) is 0 Å². The standard InChI is InChI=1S/C34H68O7/c1-3-5-7-9-11-13-14-15-17-19-21-23-25-29(24-22-20-18-16-12-10-8-6-4-2)26-31(38)34(41,32(39)28-36)33(40)30(37)27-35/h29-30,32-33,35-37,39-41H,3-28H2,1-2H3/t29?,30-,32+,33-,34-/m1/s1/i26D/t26?,29?,30-,32+,33-,34-. The monoisotopic (exact) mass is 590 g/mol. The summed E-state index contributed by atoms with van der Waals surface area (Å²) >= 11 is 0. The molecular formula is C34H68O7. The van der Waals surface area contributed by atoms with Gasteiger partial charge in [0.1, 0.15) is 18.3 Å². The molecular weight excluding hydrogens is 520 g/mol. The summed E-state index contributed by atoms with van der Waals surface area (Å²) < 4.78 is 8.76. The van der Waals surface area contributed by atoms with Crippen LogP contribution in [0, 0.1) is 5.92 Å². The van der Waals surface area contributed by atoms with E-state index in [0.29, 0.717) is 12.8 Å². The van der Waals surface area contributed by atoms with Crippen molar-refractivity contribution in [3.05, 3.63) is 0 Å². The van der Waals surface area contributed by atoms with Gasteiger partial charge in [0.15, 0.2) is 11.4 Å². The summed E-state index contributed by atoms with van der Waals surface area (Å²) in [4.78, 5) is 13.4. The molecule has 0 saturated carbocycles. The second-order valence-corrected chi connectivity index (χ2v) is 12.3. The van der Waals surface area contributed by atoms with Crippen LogP contribution < -0.4 is 0 Å². The Morgan fingerprint density at radius 2 is 0.951 bits per heavy atom. The van der Waals surface area contributed by atoms with Gasteiger partial charge < -0.3 is 30.6 Å². The fourth-order valence-electron chi connectivity index (χ4n) is 5.66. The first-order chi connectivity index (χ1) is 20.2. The maximum absolute atomic E-state index is 13.4. The molecule has 246 valence electrons. The Bertz CT molecular complexity index is 623. The number of Topliss-reactive ketones (excluding diaryl/α,β-unsaturated/α-hetero) is 1. The van der Waals surface area contributed by atoms with Gasteiger partial charge >= 0.3 is 0 Å². The predicted octanol–water partition coefficient (Wildman–Crippen LogP) is 6.37. The molecule has 0 bridgehead atoms. The summed E-state index contributed by atoms with van der Waals surface area (Å²) in [6, 6.07) is 0. The molecule has 0 aliphatic carbocycles. The van der Waals surface area contributed by atoms with Crippen molar-refractivity contribution in [2.24, 2.45) is 5.92 Å². The van der Waals surface area contributed by atoms with Crippen molar-refractivity contribution >= 4 is 5.78 Å². The molecule has 0 spiro atoms. The number of carbonyl (C=O) groups excluding carboxylic acids is 1. The van der Waals surface area contributed by atoms with Crippen LogP contribution in [0.2, 0.25) is 0 Å². The van der Waals surface area contributed by atoms with Crippen molar-refractivity contribution in [2.75, 3.05) is 13.2 Å². The molecule has 6 atom stereocenters. The van der Waals surface area contributed by atoms with E-state index >= 15 is 0 Å². The lowest BCUT2D eigenvalue weighted by molar-refractivity contribution is -0.196. The smallest absolute Gasteiger partial charge is 0.179 e. The third kappa shape index (κ3) is 18.6. The summed E-state index contributed by atoms with van der Waals surface area (Å²) in [5, 5.41) is 60.4. The number of unbranched alkanes of at least 4 members (excludes halogenated alkanes) is 19. The molecule has 0 heterocycles. The van der Waals surface area contributed by atoms with Gasteiger partial charge in [-0.05, 0) is 5.92 Å². The summed E-state index contributed by atoms with van der Waals surface area (Å²) in [5.74, 6) is -1.50. The Labute approximate surface area is 253 Å². The minimum Gasteiger partial charge on any atom is -0.394 e. The lowest BCUT2D eigenvalue weighted by Crippen LogP contribution is -2.63. The maximum atomic E-state index is 13.4. The highest BCUT2D eigenvalue weighted by atomic mass is 16.4. The van der Waals surface area contributed by atoms with Crippen molar-refractivity contribution in [1.82, 2.24) is 0 Å². The normalized spacial score (nSPS) is 17.4. The zero-order chi connectivity index (χ0) is 31.6. The van der Waals surface area contributed by atoms with E-state index in [-0.39, 0.29) is 5.92 Å². The average Bonchev–Trinajstić information content (AvgIpc) is 3.00. The molecule has 6 N–H and O–H groups in total. The molecule has 0 saturated heterocycles. The van der Waals surface area contributed by atoms with Crippen LogP contribution in [-0.4, -0.2) is 73.5 Å². The minimum absolute atomic E-state index is 0.374. The summed E-state index contributed by atoms with van der Waals surface area (Å²) in [7, 11) is 0. The van der Waals surface area contributed by atoms with Gasteiger partial charge in [0.05, 0.1) is 13.2 Å². The first-order valence-corrected chi connectivity index (χ1v) is 17.2. The molecule has 0 aromatic carbocycles. The highest BCUT2D eigenvalue weighted by Gasteiger charge is 2.51. The van der Waals surface area contributed by atoms with E-state index in [0.717, 1.165) is 38.5 Å². The van der Waals surface area contributed by atoms with Gasteiger partial charge in [-0.15, -0.1) is 0 Å². The van der Waals surface area contributed by atoms with Gasteiger partial charge in [0.25, 0.3) is 0 Å². The van der Waals surface area contributed by atoms with Crippen LogP contribution in [0.4, 0.5) is 0 Å². The molecule has 0 amide bonds. The van der Waals surface area contributed by atoms with E-state index in [9.17, 15) is 35.4 Å². The van der Waals surface area contributed by atoms with Crippen LogP contribution in [0.1, 0.15) is 169 Å². The van der Waals surface area contributed by atoms with Crippen molar-refractivity contribution in [3.63, 3.8) is 0 Å². The van der Waals surface area contributed by atoms with Crippen molar-refractivity contribution in [1.29, 1.82) is 0 Å². The number of rotatable bonds is 31. The highest BCUT2D eigenvalue weighted by Crippen LogP contribution is 2.29. The summed E-state index contributed by atoms with van der Waals surface area (Å²) in [5.41, 5.74) is -2.95. The molecule has 7 heteroatoms. The Balaban J connectivity index is 4.95. The Kier molecular flexibility index (Phi) is 25.3. The van der Waals surface area contributed by atoms with Crippen LogP contribution in [0.25, 0.3) is 0 Å². The maximum Gasteiger partial charge on any atom is 0.179 e. The second kappa shape index (κ2) is 27.0. The van der Waals surface area contributed by atoms with E-state index in [1.165, 1.54) is 96.3 Å². The number of aliphatic hydroxyl groups excluding tert-OH is 5. The van der Waals surface area contributed by atoms with Gasteiger partial charge in [0.2, 0.25) is 0 Å². The zero-order valence-corrected chi connectivity index (χ0v) is 26.7. The molecule has 2 unspecified atom stereocenters. The molecule has 0 radical (unpaired) electrons. The van der Waals surface area contributed by atoms with E-state index in [2.05, 4.69) is 13.8 Å². The Hall–Kier alpha value is -0.570. The Morgan fingerprint density at radius 3 is 1.27 bits per heavy atom. The van der Waals surface area contributed by atoms with Gasteiger partial charge in [-0.3, -0.25) is 4.79 Å². The van der Waals surface area contributed by atoms with E-state index < -0.39 is 49.3 Å². The molecule has 41 heavy (non-hydrogen) atoms. The van der Waals surface area contributed by atoms with Crippen LogP contribution in [0.15, 0.2) is 0 Å². The molecule has 0 rings (SSSR count). The van der Waals surface area contributed by atoms with E-state index in [1.807, 2.05) is 0 Å². The number of ketones is 1. The van der Waals surface area contributed by atoms with Crippen LogP contribution in [-0.2, 0) is 4.79 Å². The topological polar surface area (TPSA) is 138 Å². The lowest BCUT2D eigenvalue weighted by atomic mass is 9.78. The largest absolute Gasteiger partial charge is 0.394 e. The third-order valence-corrected chi connectivity index (χ3v) is 8.57. The number of hydrogen-bond donors (Lipinski definition) is 6. The fraction of sp³-hybridized carbons (Fsp3) is 0.971. The average molecular weight is 590 g/mol. The van der Waals surface area contributed by atoms with Crippen LogP contribution in [0.5, 0.6) is 0 Å². The van der Waals surface area contributed by atoms with Crippen molar-refractivity contribution < 1.29 is 36.8 Å². The predicted molar refractivity (Wildman–Crippen MR) is 168 cm³/mol. The molecule has 0 aliphatic rings. The molecule has 0 aliphatic heterocycles. The summed E-state index contributed by atoms with van der Waals surface area (Å²) in [6.07, 6.45) is 18.5. The lowest BCUT2D eigenvalue weighted by Gasteiger charge is -2.37. The molecule has 0 aromatic heterocycles. The highest BCUT2D eigenvalue weighted by molar-refractivity contribution is 5.88. The van der Waals surface area contributed by atoms with Crippen LogP contribution >= 0.6 is 0 Å². The quantitative estimate of drug-likeness (QED) is 0.0517. The number of carbonyl (C=O) groups is 1. The first kappa shape index (κ1) is 38.5. The van der Waals surface area contributed by atoms with Gasteiger partial charge in [-0.1, -0.05) is 162 Å². The van der Waals surface area contributed by atoms with E-state index in [4.69, 9.17) is 1.37 Å². The minimum atomic E-state index is -2.95.